The minimum atomic E-state index is -4.61. The van der Waals surface area contributed by atoms with E-state index >= 15 is 0 Å². The number of allylic oxidation sites excluding steroid dienone is 4. The van der Waals surface area contributed by atoms with E-state index in [1.807, 2.05) is 0 Å². The fourth-order valence-corrected chi connectivity index (χ4v) is 2.54. The maximum atomic E-state index is 12.9. The highest BCUT2D eigenvalue weighted by Gasteiger charge is 2.32. The summed E-state index contributed by atoms with van der Waals surface area (Å²) in [6, 6.07) is 12.9. The summed E-state index contributed by atoms with van der Waals surface area (Å²) in [5.41, 5.74) is -0.363. The molecular weight excluding hydrogens is 439 g/mol. The number of amides is 1. The number of benzene rings is 1. The lowest BCUT2D eigenvalue weighted by atomic mass is 10.1. The number of anilines is 1. The third-order valence-electron chi connectivity index (χ3n) is 4.48. The third-order valence-corrected chi connectivity index (χ3v) is 4.48. The number of hydrogen-bond acceptors (Lipinski definition) is 6. The van der Waals surface area contributed by atoms with Gasteiger partial charge in [0.1, 0.15) is 17.3 Å². The van der Waals surface area contributed by atoms with Crippen LogP contribution in [0.1, 0.15) is 20.3 Å². The molecule has 0 aliphatic rings. The van der Waals surface area contributed by atoms with Crippen molar-refractivity contribution in [3.8, 4) is 23.1 Å². The number of nitriles is 1. The van der Waals surface area contributed by atoms with Gasteiger partial charge in [0.15, 0.2) is 6.10 Å². The van der Waals surface area contributed by atoms with Gasteiger partial charge in [0.05, 0.1) is 23.9 Å². The number of aliphatic hydroxyl groups excluding tert-OH is 2. The smallest absolute Gasteiger partial charge is 0.413 e. The van der Waals surface area contributed by atoms with Crippen molar-refractivity contribution in [1.29, 1.82) is 5.26 Å². The van der Waals surface area contributed by atoms with Crippen molar-refractivity contribution >= 4 is 11.7 Å². The Morgan fingerprint density at radius 1 is 1.27 bits per heavy atom. The summed E-state index contributed by atoms with van der Waals surface area (Å²) in [6.45, 7) is 1.81. The average molecular weight is 461 g/mol. The molecule has 1 amide bonds. The van der Waals surface area contributed by atoms with Gasteiger partial charge in [-0.15, -0.1) is 0 Å². The van der Waals surface area contributed by atoms with Gasteiger partial charge in [-0.3, -0.25) is 4.79 Å². The molecule has 0 bridgehead atoms. The molecule has 0 saturated heterocycles. The number of halogens is 3. The first-order valence-electron chi connectivity index (χ1n) is 9.82. The normalized spacial score (nSPS) is 13.6. The van der Waals surface area contributed by atoms with Gasteiger partial charge in [0.25, 0.3) is 5.91 Å². The second-order valence-electron chi connectivity index (χ2n) is 6.83. The number of nitrogens with zero attached hydrogens (tertiary/aromatic N) is 2. The van der Waals surface area contributed by atoms with Crippen LogP contribution < -0.4 is 10.1 Å². The summed E-state index contributed by atoms with van der Waals surface area (Å²) < 4.78 is 44.3. The van der Waals surface area contributed by atoms with E-state index in [4.69, 9.17) is 15.1 Å². The molecule has 0 aliphatic heterocycles. The number of aromatic nitrogens is 1. The molecule has 2 rings (SSSR count). The number of rotatable bonds is 8. The summed E-state index contributed by atoms with van der Waals surface area (Å²) >= 11 is 0. The molecule has 1 unspecified atom stereocenters. The molecule has 0 fully saturated rings. The van der Waals surface area contributed by atoms with Gasteiger partial charge in [-0.2, -0.15) is 18.4 Å². The first-order chi connectivity index (χ1) is 15.6. The monoisotopic (exact) mass is 461 g/mol. The highest BCUT2D eigenvalue weighted by atomic mass is 19.4. The molecule has 1 aromatic heterocycles. The lowest BCUT2D eigenvalue weighted by Crippen LogP contribution is -2.30. The van der Waals surface area contributed by atoms with E-state index in [0.29, 0.717) is 17.0 Å². The van der Waals surface area contributed by atoms with E-state index in [0.717, 1.165) is 13.0 Å². The number of carbonyl (C=O) groups is 1. The highest BCUT2D eigenvalue weighted by Crippen LogP contribution is 2.29. The molecule has 0 aliphatic carbocycles. The van der Waals surface area contributed by atoms with E-state index in [1.54, 1.807) is 49.4 Å². The van der Waals surface area contributed by atoms with Gasteiger partial charge in [0.2, 0.25) is 0 Å². The minimum Gasteiger partial charge on any atom is -0.462 e. The molecule has 10 heteroatoms. The summed E-state index contributed by atoms with van der Waals surface area (Å²) in [5, 5.41) is 29.7. The molecule has 1 aromatic carbocycles. The molecule has 1 atom stereocenters. The summed E-state index contributed by atoms with van der Waals surface area (Å²) in [5.74, 6) is -0.0776. The van der Waals surface area contributed by atoms with Crippen LogP contribution >= 0.6 is 0 Å². The number of aliphatic hydroxyl groups is 2. The van der Waals surface area contributed by atoms with Crippen LogP contribution in [0.5, 0.6) is 5.75 Å². The molecule has 174 valence electrons. The van der Waals surface area contributed by atoms with E-state index in [-0.39, 0.29) is 18.0 Å². The molecule has 2 aromatic rings. The topological polar surface area (TPSA) is 115 Å². The van der Waals surface area contributed by atoms with E-state index in [9.17, 15) is 23.1 Å². The van der Waals surface area contributed by atoms with Crippen molar-refractivity contribution in [2.24, 2.45) is 0 Å². The van der Waals surface area contributed by atoms with Crippen molar-refractivity contribution in [2.45, 2.75) is 32.5 Å². The van der Waals surface area contributed by atoms with Crippen LogP contribution in [0.3, 0.4) is 0 Å². The molecular formula is C23H22F3N3O4. The van der Waals surface area contributed by atoms with Gasteiger partial charge in [-0.1, -0.05) is 13.0 Å². The Kier molecular flexibility index (Phi) is 8.73. The summed E-state index contributed by atoms with van der Waals surface area (Å²) in [7, 11) is 0. The van der Waals surface area contributed by atoms with Crippen LogP contribution in [0.4, 0.5) is 19.0 Å². The zero-order chi connectivity index (χ0) is 24.6. The first kappa shape index (κ1) is 25.6. The Morgan fingerprint density at radius 3 is 2.48 bits per heavy atom. The second-order valence-corrected chi connectivity index (χ2v) is 6.83. The summed E-state index contributed by atoms with van der Waals surface area (Å²) in [4.78, 5) is 16.0. The van der Waals surface area contributed by atoms with Crippen LogP contribution in [0.15, 0.2) is 65.4 Å². The van der Waals surface area contributed by atoms with E-state index in [1.165, 1.54) is 6.07 Å². The number of nitrogens with one attached hydrogen (secondary N) is 1. The average Bonchev–Trinajstić information content (AvgIpc) is 2.80. The molecule has 33 heavy (non-hydrogen) atoms. The van der Waals surface area contributed by atoms with Gasteiger partial charge < -0.3 is 20.3 Å². The predicted octanol–water partition coefficient (Wildman–Crippen LogP) is 4.12. The van der Waals surface area contributed by atoms with Crippen molar-refractivity contribution in [3.63, 3.8) is 0 Å². The maximum absolute atomic E-state index is 12.9. The molecule has 0 saturated carbocycles. The van der Waals surface area contributed by atoms with Crippen molar-refractivity contribution < 1.29 is 32.9 Å². The zero-order valence-corrected chi connectivity index (χ0v) is 17.8. The SMILES string of the molecule is CC/C(=C\C(C#N)=C(/C)C(F)(F)F)Oc1ccc(-c2cccc(NC(=O)C(O)CO)n2)cc1. The third kappa shape index (κ3) is 7.17. The maximum Gasteiger partial charge on any atom is 0.413 e. The summed E-state index contributed by atoms with van der Waals surface area (Å²) in [6.07, 6.45) is -4.84. The molecule has 1 heterocycles. The van der Waals surface area contributed by atoms with Gasteiger partial charge >= 0.3 is 6.18 Å². The van der Waals surface area contributed by atoms with Gasteiger partial charge in [-0.25, -0.2) is 4.98 Å². The minimum absolute atomic E-state index is 0.178. The Hall–Kier alpha value is -3.68. The number of ether oxygens (including phenoxy) is 1. The first-order valence-corrected chi connectivity index (χ1v) is 9.82. The number of pyridine rings is 1. The Bertz CT molecular complexity index is 1090. The van der Waals surface area contributed by atoms with Crippen molar-refractivity contribution in [3.05, 3.63) is 65.4 Å². The van der Waals surface area contributed by atoms with Crippen LogP contribution in [0.25, 0.3) is 11.3 Å². The van der Waals surface area contributed by atoms with Crippen LogP contribution in [0, 0.1) is 11.3 Å². The largest absolute Gasteiger partial charge is 0.462 e. The Labute approximate surface area is 188 Å². The Morgan fingerprint density at radius 2 is 1.94 bits per heavy atom. The van der Waals surface area contributed by atoms with E-state index in [2.05, 4.69) is 10.3 Å². The fourth-order valence-electron chi connectivity index (χ4n) is 2.54. The highest BCUT2D eigenvalue weighted by molar-refractivity contribution is 5.93. The lowest BCUT2D eigenvalue weighted by molar-refractivity contribution is -0.125. The van der Waals surface area contributed by atoms with Crippen LogP contribution in [0.2, 0.25) is 0 Å². The predicted molar refractivity (Wildman–Crippen MR) is 115 cm³/mol. The standard InChI is InChI=1S/C23H22F3N3O4/c1-3-17(11-16(12-27)14(2)23(24,25)26)33-18-9-7-15(8-10-18)19-5-4-6-21(28-19)29-22(32)20(31)13-30/h4-11,20,30-31H,3,13H2,1-2H3,(H,28,29,32)/b16-14-,17-11+. The van der Waals surface area contributed by atoms with Gasteiger partial charge in [0, 0.05) is 17.6 Å². The number of hydrogen-bond donors (Lipinski definition) is 3. The van der Waals surface area contributed by atoms with Gasteiger partial charge in [-0.05, 0) is 49.4 Å². The van der Waals surface area contributed by atoms with Crippen molar-refractivity contribution in [1.82, 2.24) is 4.98 Å². The molecule has 0 radical (unpaired) electrons. The molecule has 7 nitrogen and oxygen atoms in total. The fraction of sp³-hybridized carbons (Fsp3) is 0.261. The lowest BCUT2D eigenvalue weighted by Gasteiger charge is -2.12. The zero-order valence-electron chi connectivity index (χ0n) is 17.8. The molecule has 0 spiro atoms. The van der Waals surface area contributed by atoms with Crippen LogP contribution in [-0.2, 0) is 4.79 Å². The van der Waals surface area contributed by atoms with Crippen LogP contribution in [-0.4, -0.2) is 40.0 Å². The second kappa shape index (κ2) is 11.3. The Balaban J connectivity index is 2.21. The quantitative estimate of drug-likeness (QED) is 0.310. The van der Waals surface area contributed by atoms with Crippen molar-refractivity contribution in [2.75, 3.05) is 11.9 Å². The number of carbonyl (C=O) groups excluding carboxylic acids is 1. The molecule has 3 N–H and O–H groups in total. The number of alkyl halides is 3. The van der Waals surface area contributed by atoms with E-state index < -0.39 is 35.9 Å².